The normalized spacial score (nSPS) is 26.5. The van der Waals surface area contributed by atoms with E-state index >= 15 is 0 Å². The van der Waals surface area contributed by atoms with Gasteiger partial charge in [-0.3, -0.25) is 0 Å². The van der Waals surface area contributed by atoms with Gasteiger partial charge in [-0.25, -0.2) is 4.98 Å². The van der Waals surface area contributed by atoms with E-state index in [4.69, 9.17) is 4.74 Å². The first-order valence-electron chi connectivity index (χ1n) is 5.11. The first kappa shape index (κ1) is 11.0. The lowest BCUT2D eigenvalue weighted by Crippen LogP contribution is -2.31. The van der Waals surface area contributed by atoms with Gasteiger partial charge in [0.2, 0.25) is 0 Å². The highest BCUT2D eigenvalue weighted by molar-refractivity contribution is 7.12. The molecule has 1 atom stereocenters. The lowest BCUT2D eigenvalue weighted by atomic mass is 9.98. The highest BCUT2D eigenvalue weighted by Gasteiger charge is 2.35. The van der Waals surface area contributed by atoms with E-state index in [1.807, 2.05) is 0 Å². The van der Waals surface area contributed by atoms with Crippen LogP contribution in [0, 0.1) is 0 Å². The molecule has 1 unspecified atom stereocenters. The summed E-state index contributed by atoms with van der Waals surface area (Å²) in [5.41, 5.74) is 0.0773. The van der Waals surface area contributed by atoms with Crippen LogP contribution >= 0.6 is 11.3 Å². The van der Waals surface area contributed by atoms with Crippen LogP contribution in [0.2, 0.25) is 0 Å². The molecule has 0 spiro atoms. The molecule has 2 rings (SSSR count). The molecule has 0 amide bonds. The molecule has 1 aromatic rings. The summed E-state index contributed by atoms with van der Waals surface area (Å²) < 4.78 is 5.33. The maximum absolute atomic E-state index is 10.2. The van der Waals surface area contributed by atoms with Crippen molar-refractivity contribution < 1.29 is 9.84 Å². The highest BCUT2D eigenvalue weighted by atomic mass is 32.1. The summed E-state index contributed by atoms with van der Waals surface area (Å²) in [5.74, 6) is 0. The van der Waals surface area contributed by atoms with E-state index in [2.05, 4.69) is 25.8 Å². The van der Waals surface area contributed by atoms with Crippen molar-refractivity contribution in [3.63, 3.8) is 0 Å². The predicted molar refractivity (Wildman–Crippen MR) is 60.0 cm³/mol. The van der Waals surface area contributed by atoms with Crippen molar-refractivity contribution in [2.75, 3.05) is 6.61 Å². The van der Waals surface area contributed by atoms with Gasteiger partial charge in [-0.15, -0.1) is 11.3 Å². The Hall–Kier alpha value is -0.450. The monoisotopic (exact) mass is 227 g/mol. The van der Waals surface area contributed by atoms with E-state index in [0.29, 0.717) is 13.2 Å². The summed E-state index contributed by atoms with van der Waals surface area (Å²) in [5, 5.41) is 11.2. The number of aliphatic hydroxyl groups is 1. The number of fused-ring (bicyclic) bond motifs is 1. The number of aromatic nitrogens is 1. The van der Waals surface area contributed by atoms with Crippen molar-refractivity contribution in [1.29, 1.82) is 0 Å². The smallest absolute Gasteiger partial charge is 0.121 e. The highest BCUT2D eigenvalue weighted by Crippen LogP contribution is 2.38. The van der Waals surface area contributed by atoms with Crippen LogP contribution in [0.15, 0.2) is 0 Å². The molecule has 15 heavy (non-hydrogen) atoms. The molecule has 4 heteroatoms. The number of hydrogen-bond acceptors (Lipinski definition) is 4. The van der Waals surface area contributed by atoms with E-state index < -0.39 is 5.60 Å². The Morgan fingerprint density at radius 2 is 2.13 bits per heavy atom. The average Bonchev–Trinajstić information content (AvgIpc) is 2.47. The molecule has 1 aliphatic rings. The maximum atomic E-state index is 10.2. The van der Waals surface area contributed by atoms with Crippen molar-refractivity contribution in [2.45, 2.75) is 45.3 Å². The Morgan fingerprint density at radius 1 is 1.47 bits per heavy atom. The van der Waals surface area contributed by atoms with Gasteiger partial charge in [-0.1, -0.05) is 20.8 Å². The lowest BCUT2D eigenvalue weighted by molar-refractivity contribution is -0.0586. The van der Waals surface area contributed by atoms with Crippen LogP contribution in [0.4, 0.5) is 0 Å². The molecule has 1 N–H and O–H groups in total. The predicted octanol–water partition coefficient (Wildman–Crippen LogP) is 2.18. The fourth-order valence-corrected chi connectivity index (χ4v) is 2.76. The van der Waals surface area contributed by atoms with Crippen molar-refractivity contribution in [1.82, 2.24) is 4.98 Å². The molecule has 1 aliphatic heterocycles. The quantitative estimate of drug-likeness (QED) is 0.738. The van der Waals surface area contributed by atoms with Gasteiger partial charge < -0.3 is 9.84 Å². The summed E-state index contributed by atoms with van der Waals surface area (Å²) in [6.45, 7) is 9.08. The molecule has 0 saturated carbocycles. The number of rotatable bonds is 0. The van der Waals surface area contributed by atoms with E-state index in [1.54, 1.807) is 18.3 Å². The lowest BCUT2D eigenvalue weighted by Gasteiger charge is -2.26. The van der Waals surface area contributed by atoms with Crippen LogP contribution in [0.5, 0.6) is 0 Å². The van der Waals surface area contributed by atoms with E-state index in [-0.39, 0.29) is 5.41 Å². The van der Waals surface area contributed by atoms with Crippen LogP contribution in [-0.4, -0.2) is 16.7 Å². The minimum atomic E-state index is -0.866. The molecular weight excluding hydrogens is 210 g/mol. The summed E-state index contributed by atoms with van der Waals surface area (Å²) in [4.78, 5) is 5.52. The average molecular weight is 227 g/mol. The molecule has 0 fully saturated rings. The first-order valence-corrected chi connectivity index (χ1v) is 5.93. The summed E-state index contributed by atoms with van der Waals surface area (Å²) in [7, 11) is 0. The Bertz CT molecular complexity index is 376. The fourth-order valence-electron chi connectivity index (χ4n) is 1.60. The molecule has 3 nitrogen and oxygen atoms in total. The van der Waals surface area contributed by atoms with Gasteiger partial charge in [0.15, 0.2) is 0 Å². The second kappa shape index (κ2) is 3.27. The van der Waals surface area contributed by atoms with Crippen molar-refractivity contribution in [3.8, 4) is 0 Å². The van der Waals surface area contributed by atoms with Crippen LogP contribution in [0.3, 0.4) is 0 Å². The van der Waals surface area contributed by atoms with Crippen molar-refractivity contribution >= 4 is 11.3 Å². The third-order valence-corrected chi connectivity index (χ3v) is 4.23. The largest absolute Gasteiger partial charge is 0.382 e. The van der Waals surface area contributed by atoms with Crippen LogP contribution < -0.4 is 0 Å². The number of ether oxygens (including phenoxy) is 1. The second-order valence-electron chi connectivity index (χ2n) is 5.31. The van der Waals surface area contributed by atoms with Gasteiger partial charge in [0.1, 0.15) is 5.60 Å². The Kier molecular flexibility index (Phi) is 2.41. The van der Waals surface area contributed by atoms with Gasteiger partial charge in [0.05, 0.1) is 28.8 Å². The molecule has 0 saturated heterocycles. The minimum Gasteiger partial charge on any atom is -0.382 e. The zero-order valence-electron chi connectivity index (χ0n) is 9.63. The zero-order chi connectivity index (χ0) is 11.3. The third kappa shape index (κ3) is 1.94. The van der Waals surface area contributed by atoms with Gasteiger partial charge in [0, 0.05) is 5.41 Å². The van der Waals surface area contributed by atoms with Gasteiger partial charge >= 0.3 is 0 Å². The van der Waals surface area contributed by atoms with Gasteiger partial charge in [-0.2, -0.15) is 0 Å². The molecule has 1 aromatic heterocycles. The summed E-state index contributed by atoms with van der Waals surface area (Å²) in [6.07, 6.45) is 0. The topological polar surface area (TPSA) is 42.4 Å². The zero-order valence-corrected chi connectivity index (χ0v) is 10.4. The van der Waals surface area contributed by atoms with E-state index in [1.165, 1.54) is 0 Å². The first-order chi connectivity index (χ1) is 6.81. The molecule has 0 aromatic carbocycles. The summed E-state index contributed by atoms with van der Waals surface area (Å²) >= 11 is 1.61. The molecule has 2 heterocycles. The Balaban J connectivity index is 2.47. The minimum absolute atomic E-state index is 0.0398. The SMILES string of the molecule is CC(C)(C)c1nc2c(s1)C(C)(O)COC2. The molecule has 84 valence electrons. The van der Waals surface area contributed by atoms with Gasteiger partial charge in [-0.05, 0) is 6.92 Å². The molecule has 0 aliphatic carbocycles. The Morgan fingerprint density at radius 3 is 2.67 bits per heavy atom. The summed E-state index contributed by atoms with van der Waals surface area (Å²) in [6, 6.07) is 0. The van der Waals surface area contributed by atoms with Gasteiger partial charge in [0.25, 0.3) is 0 Å². The maximum Gasteiger partial charge on any atom is 0.121 e. The molecule has 0 bridgehead atoms. The fraction of sp³-hybridized carbons (Fsp3) is 0.727. The standard InChI is InChI=1S/C11H17NO2S/c1-10(2,3)9-12-7-5-14-6-11(4,13)8(7)15-9/h13H,5-6H2,1-4H3. The van der Waals surface area contributed by atoms with Crippen molar-refractivity contribution in [2.24, 2.45) is 0 Å². The number of nitrogens with zero attached hydrogens (tertiary/aromatic N) is 1. The number of thiazole rings is 1. The second-order valence-corrected chi connectivity index (χ2v) is 6.31. The van der Waals surface area contributed by atoms with Crippen molar-refractivity contribution in [3.05, 3.63) is 15.6 Å². The van der Waals surface area contributed by atoms with E-state index in [0.717, 1.165) is 15.6 Å². The number of hydrogen-bond donors (Lipinski definition) is 1. The molecular formula is C11H17NO2S. The molecule has 0 radical (unpaired) electrons. The van der Waals surface area contributed by atoms with Crippen LogP contribution in [-0.2, 0) is 22.4 Å². The van der Waals surface area contributed by atoms with E-state index in [9.17, 15) is 5.11 Å². The Labute approximate surface area is 94.1 Å². The van der Waals surface area contributed by atoms with Crippen LogP contribution in [0.25, 0.3) is 0 Å². The van der Waals surface area contributed by atoms with Crippen LogP contribution in [0.1, 0.15) is 43.3 Å². The third-order valence-electron chi connectivity index (χ3n) is 2.45.